The van der Waals surface area contributed by atoms with Crippen LogP contribution < -0.4 is 5.32 Å². The van der Waals surface area contributed by atoms with Crippen molar-refractivity contribution in [1.82, 2.24) is 20.2 Å². The number of aromatic amines is 1. The molecule has 0 aliphatic carbocycles. The molecule has 0 fully saturated rings. The van der Waals surface area contributed by atoms with Crippen molar-refractivity contribution in [3.8, 4) is 0 Å². The molecule has 92 valence electrons. The van der Waals surface area contributed by atoms with Gasteiger partial charge in [0.2, 0.25) is 5.13 Å². The van der Waals surface area contributed by atoms with Crippen LogP contribution in [0, 0.1) is 0 Å². The lowest BCUT2D eigenvalue weighted by Gasteiger charge is -1.99. The summed E-state index contributed by atoms with van der Waals surface area (Å²) in [6.07, 6.45) is 3.21. The highest BCUT2D eigenvalue weighted by Gasteiger charge is 2.08. The minimum Gasteiger partial charge on any atom is -0.354 e. The molecule has 0 bridgehead atoms. The van der Waals surface area contributed by atoms with Crippen molar-refractivity contribution in [3.05, 3.63) is 22.2 Å². The second kappa shape index (κ2) is 5.97. The number of anilines is 1. The molecule has 2 rings (SSSR count). The maximum Gasteiger partial charge on any atom is 0.205 e. The fourth-order valence-corrected chi connectivity index (χ4v) is 2.09. The number of nitrogens with one attached hydrogen (secondary N) is 2. The molecule has 0 aliphatic heterocycles. The van der Waals surface area contributed by atoms with Gasteiger partial charge in [0.25, 0.3) is 0 Å². The second-order valence-electron chi connectivity index (χ2n) is 3.65. The van der Waals surface area contributed by atoms with Gasteiger partial charge in [-0.05, 0) is 6.42 Å². The van der Waals surface area contributed by atoms with E-state index in [4.69, 9.17) is 11.6 Å². The Morgan fingerprint density at radius 1 is 1.53 bits per heavy atom. The fraction of sp³-hybridized carbons (Fsp3) is 0.500. The monoisotopic (exact) mass is 271 g/mol. The first-order chi connectivity index (χ1) is 8.29. The molecule has 17 heavy (non-hydrogen) atoms. The highest BCUT2D eigenvalue weighted by atomic mass is 35.5. The number of hydrogen-bond donors (Lipinski definition) is 2. The maximum atomic E-state index is 6.05. The molecule has 0 aromatic carbocycles. The van der Waals surface area contributed by atoms with Crippen LogP contribution >= 0.6 is 22.9 Å². The van der Waals surface area contributed by atoms with E-state index in [-0.39, 0.29) is 0 Å². The van der Waals surface area contributed by atoms with E-state index < -0.39 is 0 Å². The van der Waals surface area contributed by atoms with Gasteiger partial charge in [0.1, 0.15) is 11.3 Å². The maximum absolute atomic E-state index is 6.05. The Balaban J connectivity index is 1.93. The van der Waals surface area contributed by atoms with Crippen LogP contribution in [-0.2, 0) is 13.0 Å². The summed E-state index contributed by atoms with van der Waals surface area (Å²) in [5.41, 5.74) is 2.58. The molecule has 0 amide bonds. The molecular formula is C10H14ClN5S. The van der Waals surface area contributed by atoms with E-state index in [1.54, 1.807) is 5.51 Å². The lowest BCUT2D eigenvalue weighted by atomic mass is 10.2. The first kappa shape index (κ1) is 12.3. The molecule has 2 aromatic heterocycles. The Hall–Kier alpha value is -1.14. The Bertz CT molecular complexity index is 453. The number of rotatable bonds is 6. The van der Waals surface area contributed by atoms with Crippen molar-refractivity contribution < 1.29 is 0 Å². The Morgan fingerprint density at radius 3 is 3.12 bits per heavy atom. The average Bonchev–Trinajstić information content (AvgIpc) is 2.93. The van der Waals surface area contributed by atoms with Crippen molar-refractivity contribution in [3.63, 3.8) is 0 Å². The Morgan fingerprint density at radius 2 is 2.41 bits per heavy atom. The Labute approximate surface area is 109 Å². The van der Waals surface area contributed by atoms with Crippen LogP contribution in [0.5, 0.6) is 0 Å². The van der Waals surface area contributed by atoms with E-state index in [0.717, 1.165) is 35.9 Å². The van der Waals surface area contributed by atoms with E-state index in [0.29, 0.717) is 11.7 Å². The van der Waals surface area contributed by atoms with Crippen LogP contribution in [0.2, 0.25) is 5.15 Å². The standard InChI is InChI=1S/C10H14ClN5S/c1-2-3-4-8-14-7(9(11)15-8)5-12-10-16-13-6-17-10/h6H,2-5H2,1H3,(H,12,16)(H,14,15). The van der Waals surface area contributed by atoms with Crippen molar-refractivity contribution in [2.75, 3.05) is 5.32 Å². The summed E-state index contributed by atoms with van der Waals surface area (Å²) in [5.74, 6) is 0.950. The molecule has 2 N–H and O–H groups in total. The SMILES string of the molecule is CCCCc1nc(Cl)c(CNc2nncs2)[nH]1. The number of imidazole rings is 1. The predicted octanol–water partition coefficient (Wildman–Crippen LogP) is 2.87. The third-order valence-electron chi connectivity index (χ3n) is 2.32. The number of nitrogens with zero attached hydrogens (tertiary/aromatic N) is 3. The summed E-state index contributed by atoms with van der Waals surface area (Å²) >= 11 is 7.51. The van der Waals surface area contributed by atoms with Gasteiger partial charge in [-0.1, -0.05) is 36.3 Å². The molecule has 0 aliphatic rings. The van der Waals surface area contributed by atoms with Gasteiger partial charge in [-0.25, -0.2) is 4.98 Å². The quantitative estimate of drug-likeness (QED) is 0.848. The number of unbranched alkanes of at least 4 members (excludes halogenated alkanes) is 1. The largest absolute Gasteiger partial charge is 0.354 e. The molecule has 0 atom stereocenters. The van der Waals surface area contributed by atoms with Crippen molar-refractivity contribution in [2.45, 2.75) is 32.7 Å². The number of hydrogen-bond acceptors (Lipinski definition) is 5. The lowest BCUT2D eigenvalue weighted by Crippen LogP contribution is -2.00. The summed E-state index contributed by atoms with van der Waals surface area (Å²) in [4.78, 5) is 7.51. The zero-order valence-electron chi connectivity index (χ0n) is 9.53. The molecule has 2 aromatic rings. The number of aryl methyl sites for hydroxylation is 1. The summed E-state index contributed by atoms with van der Waals surface area (Å²) in [5, 5.41) is 12.1. The number of aromatic nitrogens is 4. The Kier molecular flexibility index (Phi) is 4.33. The molecular weight excluding hydrogens is 258 g/mol. The van der Waals surface area contributed by atoms with Gasteiger partial charge in [-0.2, -0.15) is 0 Å². The van der Waals surface area contributed by atoms with Crippen molar-refractivity contribution >= 4 is 28.1 Å². The van der Waals surface area contributed by atoms with Gasteiger partial charge < -0.3 is 10.3 Å². The smallest absolute Gasteiger partial charge is 0.205 e. The average molecular weight is 272 g/mol. The molecule has 2 heterocycles. The molecule has 0 spiro atoms. The van der Waals surface area contributed by atoms with E-state index in [1.807, 2.05) is 0 Å². The van der Waals surface area contributed by atoms with E-state index >= 15 is 0 Å². The first-order valence-electron chi connectivity index (χ1n) is 5.53. The fourth-order valence-electron chi connectivity index (χ4n) is 1.43. The predicted molar refractivity (Wildman–Crippen MR) is 69.4 cm³/mol. The third kappa shape index (κ3) is 3.41. The molecule has 5 nitrogen and oxygen atoms in total. The van der Waals surface area contributed by atoms with Crippen LogP contribution in [0.25, 0.3) is 0 Å². The van der Waals surface area contributed by atoms with Crippen LogP contribution in [0.3, 0.4) is 0 Å². The lowest BCUT2D eigenvalue weighted by molar-refractivity contribution is 0.760. The summed E-state index contributed by atoms with van der Waals surface area (Å²) in [7, 11) is 0. The summed E-state index contributed by atoms with van der Waals surface area (Å²) in [6.45, 7) is 2.75. The molecule has 0 unspecified atom stereocenters. The van der Waals surface area contributed by atoms with Gasteiger partial charge in [0.05, 0.1) is 12.2 Å². The first-order valence-corrected chi connectivity index (χ1v) is 6.78. The highest BCUT2D eigenvalue weighted by molar-refractivity contribution is 7.13. The zero-order valence-corrected chi connectivity index (χ0v) is 11.1. The van der Waals surface area contributed by atoms with Gasteiger partial charge in [0.15, 0.2) is 5.15 Å². The minimum atomic E-state index is 0.535. The minimum absolute atomic E-state index is 0.535. The molecule has 0 saturated heterocycles. The van der Waals surface area contributed by atoms with Crippen LogP contribution in [-0.4, -0.2) is 20.2 Å². The van der Waals surface area contributed by atoms with E-state index in [9.17, 15) is 0 Å². The molecule has 0 radical (unpaired) electrons. The van der Waals surface area contributed by atoms with Crippen molar-refractivity contribution in [2.24, 2.45) is 0 Å². The van der Waals surface area contributed by atoms with Gasteiger partial charge in [0, 0.05) is 6.42 Å². The third-order valence-corrected chi connectivity index (χ3v) is 3.28. The zero-order chi connectivity index (χ0) is 12.1. The van der Waals surface area contributed by atoms with Gasteiger partial charge in [-0.15, -0.1) is 10.2 Å². The van der Waals surface area contributed by atoms with Crippen LogP contribution in [0.4, 0.5) is 5.13 Å². The summed E-state index contributed by atoms with van der Waals surface area (Å²) in [6, 6.07) is 0. The molecule has 7 heteroatoms. The van der Waals surface area contributed by atoms with E-state index in [1.165, 1.54) is 11.3 Å². The van der Waals surface area contributed by atoms with Crippen LogP contribution in [0.15, 0.2) is 5.51 Å². The highest BCUT2D eigenvalue weighted by Crippen LogP contribution is 2.16. The van der Waals surface area contributed by atoms with Gasteiger partial charge >= 0.3 is 0 Å². The normalized spacial score (nSPS) is 10.7. The van der Waals surface area contributed by atoms with E-state index in [2.05, 4.69) is 32.4 Å². The topological polar surface area (TPSA) is 66.5 Å². The van der Waals surface area contributed by atoms with Gasteiger partial charge in [-0.3, -0.25) is 0 Å². The second-order valence-corrected chi connectivity index (χ2v) is 4.85. The molecule has 0 saturated carbocycles. The van der Waals surface area contributed by atoms with Crippen LogP contribution in [0.1, 0.15) is 31.3 Å². The number of halogens is 1. The summed E-state index contributed by atoms with van der Waals surface area (Å²) < 4.78 is 0. The van der Waals surface area contributed by atoms with Crippen molar-refractivity contribution in [1.29, 1.82) is 0 Å². The number of H-pyrrole nitrogens is 1.